The van der Waals surface area contributed by atoms with E-state index >= 15 is 0 Å². The predicted octanol–water partition coefficient (Wildman–Crippen LogP) is 4.65. The lowest BCUT2D eigenvalue weighted by molar-refractivity contribution is 0.102. The lowest BCUT2D eigenvalue weighted by Crippen LogP contribution is -2.05. The third-order valence-corrected chi connectivity index (χ3v) is 5.41. The van der Waals surface area contributed by atoms with Crippen LogP contribution in [0.25, 0.3) is 16.6 Å². The molecule has 6 heteroatoms. The van der Waals surface area contributed by atoms with Crippen molar-refractivity contribution in [3.05, 3.63) is 72.2 Å². The van der Waals surface area contributed by atoms with E-state index in [9.17, 15) is 4.79 Å². The molecule has 5 nitrogen and oxygen atoms in total. The highest BCUT2D eigenvalue weighted by atomic mass is 32.2. The number of benzene rings is 2. The molecule has 0 fully saturated rings. The van der Waals surface area contributed by atoms with Crippen molar-refractivity contribution in [3.8, 4) is 11.4 Å². The zero-order valence-corrected chi connectivity index (χ0v) is 15.9. The number of ketones is 1. The first kappa shape index (κ1) is 17.4. The van der Waals surface area contributed by atoms with Crippen molar-refractivity contribution < 1.29 is 9.53 Å². The summed E-state index contributed by atoms with van der Waals surface area (Å²) in [5.74, 6) is 1.20. The van der Waals surface area contributed by atoms with Crippen molar-refractivity contribution in [2.24, 2.45) is 0 Å². The van der Waals surface area contributed by atoms with E-state index in [1.807, 2.05) is 66.2 Å². The number of nitrogens with zero attached hydrogens (tertiary/aromatic N) is 2. The van der Waals surface area contributed by atoms with E-state index in [2.05, 4.69) is 9.97 Å². The van der Waals surface area contributed by atoms with Crippen LogP contribution in [0, 0.1) is 6.92 Å². The molecule has 0 saturated heterocycles. The molecule has 0 atom stereocenters. The molecule has 0 aliphatic rings. The van der Waals surface area contributed by atoms with Crippen LogP contribution in [0.5, 0.6) is 5.75 Å². The molecule has 0 unspecified atom stereocenters. The number of H-pyrrole nitrogens is 1. The number of rotatable bonds is 6. The number of hydrogen-bond donors (Lipinski definition) is 1. The molecule has 0 aliphatic heterocycles. The second-order valence-electron chi connectivity index (χ2n) is 6.16. The molecule has 136 valence electrons. The lowest BCUT2D eigenvalue weighted by atomic mass is 10.1. The Kier molecular flexibility index (Phi) is 4.73. The van der Waals surface area contributed by atoms with Crippen LogP contribution in [-0.4, -0.2) is 33.2 Å². The molecule has 1 N–H and O–H groups in total. The number of ether oxygens (including phenoxy) is 1. The molecule has 0 spiro atoms. The van der Waals surface area contributed by atoms with Gasteiger partial charge in [-0.2, -0.15) is 0 Å². The fourth-order valence-corrected chi connectivity index (χ4v) is 4.04. The Morgan fingerprint density at radius 3 is 2.93 bits per heavy atom. The zero-order valence-electron chi connectivity index (χ0n) is 15.1. The highest BCUT2D eigenvalue weighted by Gasteiger charge is 2.17. The Bertz CT molecular complexity index is 1110. The summed E-state index contributed by atoms with van der Waals surface area (Å²) in [5.41, 5.74) is 3.60. The second-order valence-corrected chi connectivity index (χ2v) is 7.11. The SMILES string of the molecule is COc1cccc(-n2ccnc2SCC(=O)c2c(C)[nH]c3ccccc23)c1. The Hall–Kier alpha value is -2.99. The van der Waals surface area contributed by atoms with Crippen molar-refractivity contribution in [2.45, 2.75) is 12.1 Å². The fourth-order valence-electron chi connectivity index (χ4n) is 3.19. The molecule has 0 amide bonds. The minimum atomic E-state index is 0.0927. The molecular formula is C21H19N3O2S. The third-order valence-electron chi connectivity index (χ3n) is 4.44. The molecule has 2 aromatic heterocycles. The summed E-state index contributed by atoms with van der Waals surface area (Å²) in [6.45, 7) is 1.94. The van der Waals surface area contributed by atoms with Crippen molar-refractivity contribution in [3.63, 3.8) is 0 Å². The summed E-state index contributed by atoms with van der Waals surface area (Å²) in [7, 11) is 1.64. The van der Waals surface area contributed by atoms with Crippen LogP contribution in [0.15, 0.2) is 66.1 Å². The van der Waals surface area contributed by atoms with Gasteiger partial charge in [0.15, 0.2) is 10.9 Å². The van der Waals surface area contributed by atoms with Crippen LogP contribution in [0.1, 0.15) is 16.1 Å². The summed E-state index contributed by atoms with van der Waals surface area (Å²) in [6, 6.07) is 15.6. The highest BCUT2D eigenvalue weighted by molar-refractivity contribution is 7.99. The molecule has 2 heterocycles. The maximum absolute atomic E-state index is 12.9. The monoisotopic (exact) mass is 377 g/mol. The number of para-hydroxylation sites is 1. The van der Waals surface area contributed by atoms with Gasteiger partial charge < -0.3 is 9.72 Å². The van der Waals surface area contributed by atoms with Crippen LogP contribution in [-0.2, 0) is 0 Å². The van der Waals surface area contributed by atoms with Gasteiger partial charge in [-0.25, -0.2) is 4.98 Å². The standard InChI is InChI=1S/C21H19N3O2S/c1-14-20(17-8-3-4-9-18(17)23-14)19(25)13-27-21-22-10-11-24(21)15-6-5-7-16(12-15)26-2/h3-12,23H,13H2,1-2H3. The fraction of sp³-hybridized carbons (Fsp3) is 0.143. The van der Waals surface area contributed by atoms with Gasteiger partial charge in [0.25, 0.3) is 0 Å². The number of aryl methyl sites for hydroxylation is 1. The van der Waals surface area contributed by atoms with Gasteiger partial charge in [0.05, 0.1) is 18.6 Å². The quantitative estimate of drug-likeness (QED) is 0.393. The number of methoxy groups -OCH3 is 1. The summed E-state index contributed by atoms with van der Waals surface area (Å²) >= 11 is 1.43. The summed E-state index contributed by atoms with van der Waals surface area (Å²) in [5, 5.41) is 1.74. The van der Waals surface area contributed by atoms with Crippen molar-refractivity contribution in [1.29, 1.82) is 0 Å². The average molecular weight is 377 g/mol. The number of Topliss-reactive ketones (excluding diaryl/α,β-unsaturated/α-hetero) is 1. The zero-order chi connectivity index (χ0) is 18.8. The molecule has 4 aromatic rings. The van der Waals surface area contributed by atoms with E-state index in [1.54, 1.807) is 13.3 Å². The van der Waals surface area contributed by atoms with Gasteiger partial charge in [-0.05, 0) is 25.1 Å². The Labute approximate surface area is 161 Å². The van der Waals surface area contributed by atoms with E-state index in [4.69, 9.17) is 4.74 Å². The van der Waals surface area contributed by atoms with E-state index in [0.717, 1.165) is 38.8 Å². The lowest BCUT2D eigenvalue weighted by Gasteiger charge is -2.09. The summed E-state index contributed by atoms with van der Waals surface area (Å²) in [6.07, 6.45) is 3.63. The smallest absolute Gasteiger partial charge is 0.175 e. The van der Waals surface area contributed by atoms with Gasteiger partial charge in [-0.1, -0.05) is 36.0 Å². The number of fused-ring (bicyclic) bond motifs is 1. The van der Waals surface area contributed by atoms with Crippen LogP contribution in [0.4, 0.5) is 0 Å². The molecule has 27 heavy (non-hydrogen) atoms. The van der Waals surface area contributed by atoms with E-state index < -0.39 is 0 Å². The predicted molar refractivity (Wildman–Crippen MR) is 108 cm³/mol. The Balaban J connectivity index is 1.57. The van der Waals surface area contributed by atoms with Crippen LogP contribution >= 0.6 is 11.8 Å². The maximum atomic E-state index is 12.9. The first-order chi connectivity index (χ1) is 13.2. The van der Waals surface area contributed by atoms with E-state index in [1.165, 1.54) is 11.8 Å². The highest BCUT2D eigenvalue weighted by Crippen LogP contribution is 2.27. The Morgan fingerprint density at radius 2 is 2.07 bits per heavy atom. The normalized spacial score (nSPS) is 11.0. The molecule has 4 rings (SSSR count). The molecule has 0 bridgehead atoms. The number of aromatic nitrogens is 3. The average Bonchev–Trinajstić information content (AvgIpc) is 3.29. The molecule has 2 aromatic carbocycles. The molecule has 0 radical (unpaired) electrons. The Morgan fingerprint density at radius 1 is 1.22 bits per heavy atom. The van der Waals surface area contributed by atoms with Crippen LogP contribution < -0.4 is 4.74 Å². The van der Waals surface area contributed by atoms with Gasteiger partial charge in [-0.3, -0.25) is 9.36 Å². The summed E-state index contributed by atoms with van der Waals surface area (Å²) < 4.78 is 7.26. The maximum Gasteiger partial charge on any atom is 0.175 e. The van der Waals surface area contributed by atoms with Gasteiger partial charge in [-0.15, -0.1) is 0 Å². The molecule has 0 aliphatic carbocycles. The number of hydrogen-bond acceptors (Lipinski definition) is 4. The first-order valence-electron chi connectivity index (χ1n) is 8.58. The van der Waals surface area contributed by atoms with Gasteiger partial charge in [0.1, 0.15) is 5.75 Å². The minimum Gasteiger partial charge on any atom is -0.497 e. The molecular weight excluding hydrogens is 358 g/mol. The number of thioether (sulfide) groups is 1. The van der Waals surface area contributed by atoms with Crippen molar-refractivity contribution in [1.82, 2.24) is 14.5 Å². The molecule has 0 saturated carbocycles. The van der Waals surface area contributed by atoms with Crippen LogP contribution in [0.3, 0.4) is 0 Å². The van der Waals surface area contributed by atoms with Gasteiger partial charge in [0, 0.05) is 40.6 Å². The number of carbonyl (C=O) groups excluding carboxylic acids is 1. The van der Waals surface area contributed by atoms with Crippen LogP contribution in [0.2, 0.25) is 0 Å². The first-order valence-corrected chi connectivity index (χ1v) is 9.57. The number of aromatic amines is 1. The van der Waals surface area contributed by atoms with E-state index in [-0.39, 0.29) is 5.78 Å². The van der Waals surface area contributed by atoms with Gasteiger partial charge in [0.2, 0.25) is 0 Å². The number of carbonyl (C=O) groups is 1. The second kappa shape index (κ2) is 7.32. The van der Waals surface area contributed by atoms with Crippen molar-refractivity contribution in [2.75, 3.05) is 12.9 Å². The third kappa shape index (κ3) is 3.36. The number of imidazole rings is 1. The van der Waals surface area contributed by atoms with E-state index in [0.29, 0.717) is 5.75 Å². The summed E-state index contributed by atoms with van der Waals surface area (Å²) in [4.78, 5) is 20.6. The minimum absolute atomic E-state index is 0.0927. The largest absolute Gasteiger partial charge is 0.497 e. The van der Waals surface area contributed by atoms with Gasteiger partial charge >= 0.3 is 0 Å². The van der Waals surface area contributed by atoms with Crippen molar-refractivity contribution >= 4 is 28.4 Å². The number of nitrogens with one attached hydrogen (secondary N) is 1. The topological polar surface area (TPSA) is 59.9 Å².